The van der Waals surface area contributed by atoms with Crippen molar-refractivity contribution in [3.05, 3.63) is 68.5 Å². The number of rotatable bonds is 6. The number of H-pyrrole nitrogens is 1. The molecule has 2 aliphatic rings. The number of hydrogen-bond donors (Lipinski definition) is 2. The van der Waals surface area contributed by atoms with Crippen LogP contribution in [0.3, 0.4) is 0 Å². The molecular weight excluding hydrogens is 490 g/mol. The summed E-state index contributed by atoms with van der Waals surface area (Å²) in [4.78, 5) is 35.6. The number of carbonyl (C=O) groups is 1. The number of nitrogens with zero attached hydrogens (tertiary/aromatic N) is 4. The van der Waals surface area contributed by atoms with Gasteiger partial charge in [0.25, 0.3) is 11.5 Å². The zero-order chi connectivity index (χ0) is 25.4. The lowest BCUT2D eigenvalue weighted by molar-refractivity contribution is 0.0190. The number of hydrogen-bond acceptors (Lipinski definition) is 6. The van der Waals surface area contributed by atoms with E-state index < -0.39 is 17.9 Å². The zero-order valence-electron chi connectivity index (χ0n) is 19.9. The fourth-order valence-electron chi connectivity index (χ4n) is 4.61. The molecule has 2 aromatic heterocycles. The molecule has 0 saturated carbocycles. The number of carbonyl (C=O) groups excluding carboxylic acids is 1. The van der Waals surface area contributed by atoms with Gasteiger partial charge < -0.3 is 9.88 Å². The van der Waals surface area contributed by atoms with Crippen LogP contribution in [-0.2, 0) is 13.0 Å². The molecule has 0 aliphatic carbocycles. The van der Waals surface area contributed by atoms with Crippen LogP contribution in [-0.4, -0.2) is 71.2 Å². The third kappa shape index (κ3) is 4.93. The summed E-state index contributed by atoms with van der Waals surface area (Å²) in [7, 11) is 0. The standard InChI is InChI=1S/C25H27ClF2N6O2/c1-2-15-11-16-3-4-17(21(28)22(16)30-24(15)35)12-32-7-9-33(10-8-32)20-6-5-19(29-23(20)26)25(36)31-34-13-18(27)14-34/h3-6,11,18H,2,7-10,12-14H2,1H3,(H,30,35)(H,31,36). The van der Waals surface area contributed by atoms with E-state index in [1.54, 1.807) is 24.3 Å². The number of pyridine rings is 2. The Morgan fingerprint density at radius 3 is 2.58 bits per heavy atom. The van der Waals surface area contributed by atoms with Gasteiger partial charge in [0.05, 0.1) is 24.3 Å². The van der Waals surface area contributed by atoms with Gasteiger partial charge in [-0.15, -0.1) is 0 Å². The second-order valence-corrected chi connectivity index (χ2v) is 9.55. The molecule has 0 atom stereocenters. The van der Waals surface area contributed by atoms with Crippen molar-refractivity contribution in [1.82, 2.24) is 25.3 Å². The summed E-state index contributed by atoms with van der Waals surface area (Å²) in [6.45, 7) is 5.34. The lowest BCUT2D eigenvalue weighted by Crippen LogP contribution is -2.57. The first-order valence-electron chi connectivity index (χ1n) is 12.0. The Bertz CT molecular complexity index is 1350. The summed E-state index contributed by atoms with van der Waals surface area (Å²) in [5, 5.41) is 2.40. The van der Waals surface area contributed by atoms with E-state index in [9.17, 15) is 14.0 Å². The monoisotopic (exact) mass is 516 g/mol. The quantitative estimate of drug-likeness (QED) is 0.490. The van der Waals surface area contributed by atoms with Crippen LogP contribution in [0.2, 0.25) is 5.15 Å². The number of benzene rings is 1. The highest BCUT2D eigenvalue weighted by atomic mass is 35.5. The minimum absolute atomic E-state index is 0.167. The molecule has 0 bridgehead atoms. The summed E-state index contributed by atoms with van der Waals surface area (Å²) < 4.78 is 28.1. The number of fused-ring (bicyclic) bond motifs is 1. The van der Waals surface area contributed by atoms with Crippen molar-refractivity contribution in [3.63, 3.8) is 0 Å². The fourth-order valence-corrected chi connectivity index (χ4v) is 4.88. The molecule has 36 heavy (non-hydrogen) atoms. The summed E-state index contributed by atoms with van der Waals surface area (Å²) in [5.74, 6) is -0.819. The second-order valence-electron chi connectivity index (χ2n) is 9.19. The minimum atomic E-state index is -0.918. The molecule has 0 unspecified atom stereocenters. The molecule has 11 heteroatoms. The SMILES string of the molecule is CCc1cc2ccc(CN3CCN(c4ccc(C(=O)NN5CC(F)C5)nc4Cl)CC3)c(F)c2[nH]c1=O. The van der Waals surface area contributed by atoms with Crippen molar-refractivity contribution >= 4 is 34.1 Å². The molecular formula is C25H27ClF2N6O2. The number of piperazine rings is 1. The number of hydrazine groups is 1. The van der Waals surface area contributed by atoms with E-state index in [-0.39, 0.29) is 35.0 Å². The molecule has 2 aliphatic heterocycles. The summed E-state index contributed by atoms with van der Waals surface area (Å²) in [5.41, 5.74) is 4.66. The average molecular weight is 517 g/mol. The van der Waals surface area contributed by atoms with E-state index in [0.29, 0.717) is 55.7 Å². The molecule has 0 spiro atoms. The highest BCUT2D eigenvalue weighted by Gasteiger charge is 2.28. The summed E-state index contributed by atoms with van der Waals surface area (Å²) >= 11 is 6.39. The topological polar surface area (TPSA) is 84.6 Å². The molecule has 1 aromatic carbocycles. The largest absolute Gasteiger partial charge is 0.366 e. The van der Waals surface area contributed by atoms with Crippen LogP contribution >= 0.6 is 11.6 Å². The lowest BCUT2D eigenvalue weighted by atomic mass is 10.1. The van der Waals surface area contributed by atoms with Gasteiger partial charge in [-0.2, -0.15) is 0 Å². The van der Waals surface area contributed by atoms with Crippen molar-refractivity contribution in [2.75, 3.05) is 44.2 Å². The fraction of sp³-hybridized carbons (Fsp3) is 0.400. The minimum Gasteiger partial charge on any atom is -0.366 e. The first-order valence-corrected chi connectivity index (χ1v) is 12.4. The lowest BCUT2D eigenvalue weighted by Gasteiger charge is -2.36. The van der Waals surface area contributed by atoms with Gasteiger partial charge in [-0.05, 0) is 24.6 Å². The molecule has 3 aromatic rings. The van der Waals surface area contributed by atoms with Gasteiger partial charge in [-0.1, -0.05) is 30.7 Å². The van der Waals surface area contributed by atoms with Gasteiger partial charge >= 0.3 is 0 Å². The highest BCUT2D eigenvalue weighted by Crippen LogP contribution is 2.26. The normalized spacial score (nSPS) is 17.4. The smallest absolute Gasteiger partial charge is 0.284 e. The third-order valence-electron chi connectivity index (χ3n) is 6.76. The Morgan fingerprint density at radius 2 is 1.92 bits per heavy atom. The Labute approximate surface area is 211 Å². The molecule has 8 nitrogen and oxygen atoms in total. The van der Waals surface area contributed by atoms with Crippen LogP contribution in [0, 0.1) is 5.82 Å². The van der Waals surface area contributed by atoms with E-state index in [2.05, 4.69) is 25.2 Å². The van der Waals surface area contributed by atoms with Crippen LogP contribution in [0.1, 0.15) is 28.5 Å². The van der Waals surface area contributed by atoms with Crippen LogP contribution in [0.5, 0.6) is 0 Å². The number of aromatic nitrogens is 2. The maximum Gasteiger partial charge on any atom is 0.284 e. The zero-order valence-corrected chi connectivity index (χ0v) is 20.6. The molecule has 190 valence electrons. The van der Waals surface area contributed by atoms with Crippen LogP contribution in [0.25, 0.3) is 10.9 Å². The van der Waals surface area contributed by atoms with Gasteiger partial charge in [-0.25, -0.2) is 18.8 Å². The summed E-state index contributed by atoms with van der Waals surface area (Å²) in [6, 6.07) is 8.74. The Balaban J connectivity index is 1.21. The number of amides is 1. The highest BCUT2D eigenvalue weighted by molar-refractivity contribution is 6.32. The van der Waals surface area contributed by atoms with Crippen LogP contribution in [0.4, 0.5) is 14.5 Å². The Hall–Kier alpha value is -3.08. The van der Waals surface area contributed by atoms with Crippen LogP contribution in [0.15, 0.2) is 35.1 Å². The predicted molar refractivity (Wildman–Crippen MR) is 135 cm³/mol. The molecule has 2 saturated heterocycles. The molecule has 2 fully saturated rings. The van der Waals surface area contributed by atoms with Crippen molar-refractivity contribution < 1.29 is 13.6 Å². The molecule has 5 rings (SSSR count). The third-order valence-corrected chi connectivity index (χ3v) is 7.04. The number of halogens is 3. The van der Waals surface area contributed by atoms with Crippen molar-refractivity contribution in [2.45, 2.75) is 26.1 Å². The number of alkyl halides is 1. The molecule has 1 amide bonds. The molecule has 2 N–H and O–H groups in total. The Kier molecular flexibility index (Phi) is 6.92. The van der Waals surface area contributed by atoms with Gasteiger partial charge in [0, 0.05) is 49.2 Å². The van der Waals surface area contributed by atoms with E-state index in [4.69, 9.17) is 11.6 Å². The number of aryl methyl sites for hydroxylation is 1. The number of nitrogens with one attached hydrogen (secondary N) is 2. The maximum atomic E-state index is 15.2. The molecule has 0 radical (unpaired) electrons. The number of anilines is 1. The van der Waals surface area contributed by atoms with Crippen LogP contribution < -0.4 is 15.9 Å². The van der Waals surface area contributed by atoms with Crippen molar-refractivity contribution in [2.24, 2.45) is 0 Å². The second kappa shape index (κ2) is 10.1. The Morgan fingerprint density at radius 1 is 1.17 bits per heavy atom. The first kappa shape index (κ1) is 24.6. The summed E-state index contributed by atoms with van der Waals surface area (Å²) in [6.07, 6.45) is -0.327. The maximum absolute atomic E-state index is 15.2. The van der Waals surface area contributed by atoms with E-state index >= 15 is 4.39 Å². The van der Waals surface area contributed by atoms with E-state index in [1.807, 2.05) is 13.0 Å². The predicted octanol–water partition coefficient (Wildman–Crippen LogP) is 2.90. The molecule has 4 heterocycles. The van der Waals surface area contributed by atoms with Crippen molar-refractivity contribution in [1.29, 1.82) is 0 Å². The van der Waals surface area contributed by atoms with Gasteiger partial charge in [0.1, 0.15) is 11.9 Å². The van der Waals surface area contributed by atoms with E-state index in [1.165, 1.54) is 5.01 Å². The van der Waals surface area contributed by atoms with Gasteiger partial charge in [0.2, 0.25) is 0 Å². The average Bonchev–Trinajstić information content (AvgIpc) is 2.85. The number of aromatic amines is 1. The van der Waals surface area contributed by atoms with Gasteiger partial charge in [-0.3, -0.25) is 19.9 Å². The van der Waals surface area contributed by atoms with Gasteiger partial charge in [0.15, 0.2) is 11.0 Å². The van der Waals surface area contributed by atoms with E-state index in [0.717, 1.165) is 5.69 Å². The van der Waals surface area contributed by atoms with Crippen molar-refractivity contribution in [3.8, 4) is 0 Å². The first-order chi connectivity index (χ1) is 17.3.